The molecule has 4 rings (SSSR count). The fraction of sp³-hybridized carbons (Fsp3) is 0.227. The molecule has 0 fully saturated rings. The van der Waals surface area contributed by atoms with E-state index in [0.717, 1.165) is 15.5 Å². The highest BCUT2D eigenvalue weighted by Gasteiger charge is 2.21. The van der Waals surface area contributed by atoms with Gasteiger partial charge in [0, 0.05) is 31.0 Å². The number of nitrogens with one attached hydrogen (secondary N) is 1. The van der Waals surface area contributed by atoms with Gasteiger partial charge in [-0.2, -0.15) is 0 Å². The van der Waals surface area contributed by atoms with E-state index in [9.17, 15) is 14.4 Å². The first-order valence-electron chi connectivity index (χ1n) is 9.65. The van der Waals surface area contributed by atoms with Gasteiger partial charge in [0.05, 0.1) is 29.2 Å². The third kappa shape index (κ3) is 3.38. The Balaban J connectivity index is 1.97. The molecule has 158 valence electrons. The molecule has 0 bridgehead atoms. The molecule has 3 heterocycles. The van der Waals surface area contributed by atoms with Crippen molar-refractivity contribution in [2.75, 3.05) is 14.2 Å². The molecule has 9 heteroatoms. The van der Waals surface area contributed by atoms with E-state index in [-0.39, 0.29) is 5.97 Å². The van der Waals surface area contributed by atoms with E-state index >= 15 is 0 Å². The van der Waals surface area contributed by atoms with Gasteiger partial charge < -0.3 is 10.1 Å². The van der Waals surface area contributed by atoms with E-state index in [4.69, 9.17) is 4.74 Å². The van der Waals surface area contributed by atoms with Crippen LogP contribution in [-0.4, -0.2) is 45.3 Å². The zero-order chi connectivity index (χ0) is 22.1. The molecule has 0 unspecified atom stereocenters. The van der Waals surface area contributed by atoms with Crippen molar-refractivity contribution in [2.45, 2.75) is 12.5 Å². The summed E-state index contributed by atoms with van der Waals surface area (Å²) in [5.74, 6) is -0.379. The summed E-state index contributed by atoms with van der Waals surface area (Å²) < 4.78 is 7.38. The second-order valence-corrected chi connectivity index (χ2v) is 7.09. The van der Waals surface area contributed by atoms with Gasteiger partial charge in [-0.05, 0) is 37.2 Å². The lowest BCUT2D eigenvalue weighted by Gasteiger charge is -2.17. The Morgan fingerprint density at radius 2 is 1.97 bits per heavy atom. The average Bonchev–Trinajstić information content (AvgIpc) is 2.81. The molecule has 0 saturated carbocycles. The lowest BCUT2D eigenvalue weighted by Crippen LogP contribution is -2.38. The number of ether oxygens (including phenoxy) is 1. The van der Waals surface area contributed by atoms with E-state index in [1.807, 2.05) is 6.07 Å². The van der Waals surface area contributed by atoms with Crippen molar-refractivity contribution in [2.24, 2.45) is 7.05 Å². The van der Waals surface area contributed by atoms with Gasteiger partial charge >= 0.3 is 11.7 Å². The number of benzene rings is 1. The molecular weight excluding hydrogens is 398 g/mol. The molecule has 3 aromatic heterocycles. The van der Waals surface area contributed by atoms with Crippen LogP contribution in [0.1, 0.15) is 5.56 Å². The maximum absolute atomic E-state index is 13.2. The summed E-state index contributed by atoms with van der Waals surface area (Å²) in [7, 11) is 4.63. The second kappa shape index (κ2) is 8.11. The van der Waals surface area contributed by atoms with E-state index in [1.165, 1.54) is 24.1 Å². The number of carbonyl (C=O) groups excluding carboxylic acids is 1. The highest BCUT2D eigenvalue weighted by molar-refractivity contribution is 5.90. The van der Waals surface area contributed by atoms with Crippen LogP contribution in [0.5, 0.6) is 0 Å². The number of rotatable bonds is 5. The summed E-state index contributed by atoms with van der Waals surface area (Å²) in [6.07, 6.45) is 4.95. The number of fused-ring (bicyclic) bond motifs is 2. The van der Waals surface area contributed by atoms with Gasteiger partial charge in [0.1, 0.15) is 6.04 Å². The summed E-state index contributed by atoms with van der Waals surface area (Å²) in [5, 5.41) is 4.02. The predicted molar refractivity (Wildman–Crippen MR) is 116 cm³/mol. The van der Waals surface area contributed by atoms with Crippen molar-refractivity contribution in [1.82, 2.24) is 24.4 Å². The van der Waals surface area contributed by atoms with E-state index in [1.54, 1.807) is 44.6 Å². The van der Waals surface area contributed by atoms with Gasteiger partial charge in [-0.25, -0.2) is 9.36 Å². The highest BCUT2D eigenvalue weighted by atomic mass is 16.5. The summed E-state index contributed by atoms with van der Waals surface area (Å²) in [4.78, 5) is 46.8. The van der Waals surface area contributed by atoms with Crippen LogP contribution in [0.25, 0.3) is 27.5 Å². The zero-order valence-electron chi connectivity index (χ0n) is 17.3. The molecule has 0 aliphatic rings. The Morgan fingerprint density at radius 1 is 1.16 bits per heavy atom. The molecule has 1 atom stereocenters. The molecule has 0 aliphatic carbocycles. The normalized spacial score (nSPS) is 12.2. The van der Waals surface area contributed by atoms with Gasteiger partial charge in [-0.15, -0.1) is 0 Å². The minimum Gasteiger partial charge on any atom is -0.468 e. The molecule has 0 spiro atoms. The number of likely N-dealkylation sites (N-methyl/N-ethyl adjacent to an activating group) is 1. The Labute approximate surface area is 176 Å². The second-order valence-electron chi connectivity index (χ2n) is 7.09. The average molecular weight is 419 g/mol. The number of methoxy groups -OCH3 is 1. The maximum Gasteiger partial charge on any atom is 0.335 e. The lowest BCUT2D eigenvalue weighted by molar-refractivity contribution is -0.142. The zero-order valence-corrected chi connectivity index (χ0v) is 17.3. The number of hydrogen-bond acceptors (Lipinski definition) is 7. The van der Waals surface area contributed by atoms with Crippen LogP contribution in [0.3, 0.4) is 0 Å². The molecule has 0 radical (unpaired) electrons. The highest BCUT2D eigenvalue weighted by Crippen LogP contribution is 2.24. The quantitative estimate of drug-likeness (QED) is 0.480. The van der Waals surface area contributed by atoms with Crippen LogP contribution in [0.2, 0.25) is 0 Å². The smallest absolute Gasteiger partial charge is 0.335 e. The van der Waals surface area contributed by atoms with E-state index < -0.39 is 17.3 Å². The van der Waals surface area contributed by atoms with Gasteiger partial charge in [0.25, 0.3) is 5.56 Å². The molecule has 9 nitrogen and oxygen atoms in total. The molecule has 0 amide bonds. The van der Waals surface area contributed by atoms with Gasteiger partial charge in [0.2, 0.25) is 0 Å². The fourth-order valence-corrected chi connectivity index (χ4v) is 3.76. The van der Waals surface area contributed by atoms with Crippen LogP contribution in [0.4, 0.5) is 0 Å². The first-order valence-corrected chi connectivity index (χ1v) is 9.65. The Morgan fingerprint density at radius 3 is 2.71 bits per heavy atom. The third-order valence-electron chi connectivity index (χ3n) is 5.41. The van der Waals surface area contributed by atoms with Crippen molar-refractivity contribution in [3.05, 3.63) is 75.3 Å². The van der Waals surface area contributed by atoms with Gasteiger partial charge in [-0.3, -0.25) is 24.1 Å². The summed E-state index contributed by atoms with van der Waals surface area (Å²) >= 11 is 0. The largest absolute Gasteiger partial charge is 0.468 e. The topological polar surface area (TPSA) is 108 Å². The van der Waals surface area contributed by atoms with Gasteiger partial charge in [-0.1, -0.05) is 12.1 Å². The van der Waals surface area contributed by atoms with Crippen molar-refractivity contribution >= 4 is 27.8 Å². The minimum absolute atomic E-state index is 0.332. The molecule has 0 saturated heterocycles. The summed E-state index contributed by atoms with van der Waals surface area (Å²) in [6.45, 7) is 0. The number of nitrogens with zero attached hydrogens (tertiary/aromatic N) is 4. The first-order chi connectivity index (χ1) is 15.0. The molecule has 0 aliphatic heterocycles. The van der Waals surface area contributed by atoms with Crippen LogP contribution >= 0.6 is 0 Å². The van der Waals surface area contributed by atoms with Crippen LogP contribution in [0.15, 0.2) is 58.5 Å². The number of carbonyl (C=O) groups is 1. The van der Waals surface area contributed by atoms with Crippen LogP contribution in [-0.2, 0) is 23.0 Å². The SMILES string of the molecule is CN[C@@H](Cc1ccc(-n2c(=O)c3cnccc3n(C)c2=O)c2ncccc12)C(=O)OC. The van der Waals surface area contributed by atoms with E-state index in [2.05, 4.69) is 15.3 Å². The number of aromatic nitrogens is 4. The standard InChI is InChI=1S/C22H21N5O4/c1-23-16(21(29)31-3)11-13-6-7-18(19-14(13)5-4-9-25-19)27-20(28)15-12-24-10-8-17(15)26(2)22(27)30/h4-10,12,16,23H,11H2,1-3H3/t16-/m0/s1. The number of pyridine rings is 2. The molecule has 4 aromatic rings. The number of hydrogen-bond donors (Lipinski definition) is 1. The number of esters is 1. The van der Waals surface area contributed by atoms with Crippen LogP contribution < -0.4 is 16.6 Å². The molecule has 1 N–H and O–H groups in total. The number of aryl methyl sites for hydroxylation is 1. The molecule has 1 aromatic carbocycles. The Bertz CT molecular complexity index is 1420. The van der Waals surface area contributed by atoms with Crippen molar-refractivity contribution in [3.8, 4) is 5.69 Å². The van der Waals surface area contributed by atoms with Gasteiger partial charge in [0.15, 0.2) is 0 Å². The van der Waals surface area contributed by atoms with Crippen LogP contribution in [0, 0.1) is 0 Å². The Hall–Kier alpha value is -3.85. The maximum atomic E-state index is 13.2. The van der Waals surface area contributed by atoms with Crippen molar-refractivity contribution in [3.63, 3.8) is 0 Å². The Kier molecular flexibility index (Phi) is 5.35. The predicted octanol–water partition coefficient (Wildman–Crippen LogP) is 0.936. The molecule has 31 heavy (non-hydrogen) atoms. The monoisotopic (exact) mass is 419 g/mol. The van der Waals surface area contributed by atoms with Crippen molar-refractivity contribution in [1.29, 1.82) is 0 Å². The lowest BCUT2D eigenvalue weighted by atomic mass is 10.00. The van der Waals surface area contributed by atoms with Crippen molar-refractivity contribution < 1.29 is 9.53 Å². The first kappa shape index (κ1) is 20.4. The molecular formula is C22H21N5O4. The third-order valence-corrected chi connectivity index (χ3v) is 5.41. The summed E-state index contributed by atoms with van der Waals surface area (Å²) in [6, 6.07) is 8.19. The minimum atomic E-state index is -0.540. The summed E-state index contributed by atoms with van der Waals surface area (Å²) in [5.41, 5.74) is 1.26. The van der Waals surface area contributed by atoms with E-state index in [0.29, 0.717) is 28.5 Å². The fourth-order valence-electron chi connectivity index (χ4n) is 3.76.